The van der Waals surface area contributed by atoms with Gasteiger partial charge >= 0.3 is 0 Å². The first kappa shape index (κ1) is 8.73. The number of fused-ring (bicyclic) bond motifs is 1. The van der Waals surface area contributed by atoms with Crippen molar-refractivity contribution in [3.63, 3.8) is 0 Å². The standard InChI is InChI=1S/C11H15NO/c1-12-7-11-6-9-4-2-3-5-10(9)8-13-11/h2-5,11-12H,6-8H2,1H3/t11-/m1/s1. The van der Waals surface area contributed by atoms with E-state index in [1.54, 1.807) is 0 Å². The summed E-state index contributed by atoms with van der Waals surface area (Å²) >= 11 is 0. The van der Waals surface area contributed by atoms with Crippen LogP contribution in [0.4, 0.5) is 0 Å². The fraction of sp³-hybridized carbons (Fsp3) is 0.455. The zero-order valence-corrected chi connectivity index (χ0v) is 7.92. The van der Waals surface area contributed by atoms with Gasteiger partial charge < -0.3 is 10.1 Å². The summed E-state index contributed by atoms with van der Waals surface area (Å²) in [5.74, 6) is 0. The molecule has 13 heavy (non-hydrogen) atoms. The smallest absolute Gasteiger partial charge is 0.0744 e. The zero-order valence-electron chi connectivity index (χ0n) is 7.92. The van der Waals surface area contributed by atoms with Crippen LogP contribution in [0.15, 0.2) is 24.3 Å². The number of rotatable bonds is 2. The molecule has 1 aliphatic heterocycles. The van der Waals surface area contributed by atoms with Gasteiger partial charge in [-0.05, 0) is 18.2 Å². The Kier molecular flexibility index (Phi) is 2.62. The topological polar surface area (TPSA) is 21.3 Å². The maximum atomic E-state index is 5.68. The number of likely N-dealkylation sites (N-methyl/N-ethyl adjacent to an activating group) is 1. The van der Waals surface area contributed by atoms with Gasteiger partial charge in [-0.25, -0.2) is 0 Å². The summed E-state index contributed by atoms with van der Waals surface area (Å²) in [5.41, 5.74) is 2.78. The first-order valence-electron chi connectivity index (χ1n) is 4.73. The third-order valence-electron chi connectivity index (χ3n) is 2.47. The molecule has 0 amide bonds. The minimum Gasteiger partial charge on any atom is -0.372 e. The Labute approximate surface area is 78.9 Å². The van der Waals surface area contributed by atoms with Crippen molar-refractivity contribution in [2.45, 2.75) is 19.1 Å². The Hall–Kier alpha value is -0.860. The van der Waals surface area contributed by atoms with Crippen LogP contribution in [0, 0.1) is 0 Å². The van der Waals surface area contributed by atoms with E-state index in [4.69, 9.17) is 4.74 Å². The van der Waals surface area contributed by atoms with Crippen molar-refractivity contribution in [2.24, 2.45) is 0 Å². The lowest BCUT2D eigenvalue weighted by atomic mass is 9.99. The minimum atomic E-state index is 0.347. The molecule has 70 valence electrons. The molecule has 1 atom stereocenters. The Morgan fingerprint density at radius 1 is 1.38 bits per heavy atom. The molecule has 1 heterocycles. The molecule has 1 aliphatic rings. The van der Waals surface area contributed by atoms with Crippen molar-refractivity contribution in [1.29, 1.82) is 0 Å². The van der Waals surface area contributed by atoms with Crippen LogP contribution in [0.1, 0.15) is 11.1 Å². The van der Waals surface area contributed by atoms with Crippen molar-refractivity contribution < 1.29 is 4.74 Å². The molecule has 0 unspecified atom stereocenters. The molecule has 0 saturated heterocycles. The fourth-order valence-electron chi connectivity index (χ4n) is 1.77. The summed E-state index contributed by atoms with van der Waals surface area (Å²) in [6, 6.07) is 8.51. The maximum Gasteiger partial charge on any atom is 0.0744 e. The van der Waals surface area contributed by atoms with E-state index in [0.717, 1.165) is 19.6 Å². The fourth-order valence-corrected chi connectivity index (χ4v) is 1.77. The summed E-state index contributed by atoms with van der Waals surface area (Å²) in [4.78, 5) is 0. The van der Waals surface area contributed by atoms with Gasteiger partial charge in [-0.1, -0.05) is 24.3 Å². The Morgan fingerprint density at radius 3 is 2.92 bits per heavy atom. The average molecular weight is 177 g/mol. The SMILES string of the molecule is CNC[C@H]1Cc2ccccc2CO1. The van der Waals surface area contributed by atoms with Gasteiger partial charge in [0.15, 0.2) is 0 Å². The first-order valence-corrected chi connectivity index (χ1v) is 4.73. The lowest BCUT2D eigenvalue weighted by molar-refractivity contribution is 0.0302. The van der Waals surface area contributed by atoms with E-state index < -0.39 is 0 Å². The van der Waals surface area contributed by atoms with Gasteiger partial charge in [0.05, 0.1) is 12.7 Å². The number of hydrogen-bond donors (Lipinski definition) is 1. The van der Waals surface area contributed by atoms with Gasteiger partial charge in [-0.2, -0.15) is 0 Å². The van der Waals surface area contributed by atoms with E-state index >= 15 is 0 Å². The van der Waals surface area contributed by atoms with Gasteiger partial charge in [0, 0.05) is 13.0 Å². The van der Waals surface area contributed by atoms with E-state index in [0.29, 0.717) is 6.10 Å². The summed E-state index contributed by atoms with van der Waals surface area (Å²) in [6.07, 6.45) is 1.39. The van der Waals surface area contributed by atoms with E-state index in [9.17, 15) is 0 Å². The lowest BCUT2D eigenvalue weighted by Crippen LogP contribution is -2.31. The highest BCUT2D eigenvalue weighted by atomic mass is 16.5. The summed E-state index contributed by atoms with van der Waals surface area (Å²) in [7, 11) is 1.96. The summed E-state index contributed by atoms with van der Waals surface area (Å²) in [5, 5.41) is 3.14. The normalized spacial score (nSPS) is 21.2. The molecule has 1 aromatic rings. The van der Waals surface area contributed by atoms with Crippen molar-refractivity contribution in [2.75, 3.05) is 13.6 Å². The summed E-state index contributed by atoms with van der Waals surface area (Å²) in [6.45, 7) is 1.71. The Balaban J connectivity index is 2.11. The van der Waals surface area contributed by atoms with Crippen molar-refractivity contribution in [1.82, 2.24) is 5.32 Å². The molecule has 0 aliphatic carbocycles. The molecule has 1 aromatic carbocycles. The highest BCUT2D eigenvalue weighted by molar-refractivity contribution is 5.28. The van der Waals surface area contributed by atoms with Crippen LogP contribution in [0.5, 0.6) is 0 Å². The molecular formula is C11H15NO. The van der Waals surface area contributed by atoms with E-state index in [1.807, 2.05) is 7.05 Å². The number of nitrogens with one attached hydrogen (secondary N) is 1. The van der Waals surface area contributed by atoms with E-state index in [2.05, 4.69) is 29.6 Å². The van der Waals surface area contributed by atoms with Gasteiger partial charge in [-0.15, -0.1) is 0 Å². The molecule has 0 spiro atoms. The van der Waals surface area contributed by atoms with E-state index in [1.165, 1.54) is 11.1 Å². The maximum absolute atomic E-state index is 5.68. The van der Waals surface area contributed by atoms with E-state index in [-0.39, 0.29) is 0 Å². The molecule has 2 rings (SSSR count). The first-order chi connectivity index (χ1) is 6.40. The molecule has 0 radical (unpaired) electrons. The molecule has 0 saturated carbocycles. The third-order valence-corrected chi connectivity index (χ3v) is 2.47. The average Bonchev–Trinajstić information content (AvgIpc) is 2.18. The van der Waals surface area contributed by atoms with Crippen LogP contribution < -0.4 is 5.32 Å². The molecule has 0 fully saturated rings. The predicted molar refractivity (Wildman–Crippen MR) is 52.6 cm³/mol. The van der Waals surface area contributed by atoms with Gasteiger partial charge in [0.2, 0.25) is 0 Å². The summed E-state index contributed by atoms with van der Waals surface area (Å²) < 4.78 is 5.68. The second-order valence-corrected chi connectivity index (χ2v) is 3.46. The quantitative estimate of drug-likeness (QED) is 0.736. The number of ether oxygens (including phenoxy) is 1. The van der Waals surface area contributed by atoms with Crippen LogP contribution in [0.2, 0.25) is 0 Å². The predicted octanol–water partition coefficient (Wildman–Crippen LogP) is 1.35. The van der Waals surface area contributed by atoms with Gasteiger partial charge in [-0.3, -0.25) is 0 Å². The van der Waals surface area contributed by atoms with Crippen molar-refractivity contribution in [3.05, 3.63) is 35.4 Å². The molecule has 2 nitrogen and oxygen atoms in total. The molecular weight excluding hydrogens is 162 g/mol. The zero-order chi connectivity index (χ0) is 9.10. The number of hydrogen-bond acceptors (Lipinski definition) is 2. The van der Waals surface area contributed by atoms with Crippen LogP contribution in [-0.2, 0) is 17.8 Å². The third kappa shape index (κ3) is 1.90. The monoisotopic (exact) mass is 177 g/mol. The van der Waals surface area contributed by atoms with Crippen LogP contribution in [-0.4, -0.2) is 19.7 Å². The van der Waals surface area contributed by atoms with Crippen LogP contribution in [0.3, 0.4) is 0 Å². The van der Waals surface area contributed by atoms with Gasteiger partial charge in [0.25, 0.3) is 0 Å². The highest BCUT2D eigenvalue weighted by Gasteiger charge is 2.17. The van der Waals surface area contributed by atoms with Crippen LogP contribution >= 0.6 is 0 Å². The minimum absolute atomic E-state index is 0.347. The molecule has 0 aromatic heterocycles. The molecule has 0 bridgehead atoms. The van der Waals surface area contributed by atoms with Crippen molar-refractivity contribution >= 4 is 0 Å². The Morgan fingerprint density at radius 2 is 2.15 bits per heavy atom. The highest BCUT2D eigenvalue weighted by Crippen LogP contribution is 2.19. The van der Waals surface area contributed by atoms with Gasteiger partial charge in [0.1, 0.15) is 0 Å². The number of benzene rings is 1. The lowest BCUT2D eigenvalue weighted by Gasteiger charge is -2.24. The van der Waals surface area contributed by atoms with Crippen molar-refractivity contribution in [3.8, 4) is 0 Å². The largest absolute Gasteiger partial charge is 0.372 e. The second-order valence-electron chi connectivity index (χ2n) is 3.46. The van der Waals surface area contributed by atoms with Crippen LogP contribution in [0.25, 0.3) is 0 Å². The second kappa shape index (κ2) is 3.90. The Bertz CT molecular complexity index is 285. The molecule has 1 N–H and O–H groups in total. The molecule has 2 heteroatoms.